The van der Waals surface area contributed by atoms with Gasteiger partial charge in [0.2, 0.25) is 5.91 Å². The fourth-order valence-corrected chi connectivity index (χ4v) is 1.84. The van der Waals surface area contributed by atoms with E-state index in [4.69, 9.17) is 5.26 Å². The van der Waals surface area contributed by atoms with E-state index in [1.165, 1.54) is 6.92 Å². The Bertz CT molecular complexity index is 231. The summed E-state index contributed by atoms with van der Waals surface area (Å²) in [6.45, 7) is 5.61. The number of nitrogens with zero attached hydrogens (tertiary/aromatic N) is 2. The molecule has 0 radical (unpaired) electrons. The summed E-state index contributed by atoms with van der Waals surface area (Å²) in [5.74, 6) is 0.456. The Labute approximate surface area is 73.0 Å². The second-order valence-corrected chi connectivity index (χ2v) is 3.52. The zero-order valence-electron chi connectivity index (χ0n) is 7.74. The lowest BCUT2D eigenvalue weighted by Crippen LogP contribution is -2.38. The number of carbonyl (C=O) groups excluding carboxylic acids is 1. The van der Waals surface area contributed by atoms with Crippen molar-refractivity contribution in [2.24, 2.45) is 5.92 Å². The molecule has 1 amide bonds. The van der Waals surface area contributed by atoms with Gasteiger partial charge in [0.05, 0.1) is 6.07 Å². The van der Waals surface area contributed by atoms with Gasteiger partial charge in [-0.15, -0.1) is 0 Å². The summed E-state index contributed by atoms with van der Waals surface area (Å²) in [4.78, 5) is 12.8. The number of amides is 1. The Morgan fingerprint density at radius 1 is 1.58 bits per heavy atom. The second-order valence-electron chi connectivity index (χ2n) is 3.52. The second kappa shape index (κ2) is 3.14. The average molecular weight is 166 g/mol. The summed E-state index contributed by atoms with van der Waals surface area (Å²) < 4.78 is 0. The molecule has 0 aliphatic carbocycles. The summed E-state index contributed by atoms with van der Waals surface area (Å²) in [5, 5.41) is 8.78. The van der Waals surface area contributed by atoms with Gasteiger partial charge in [-0.25, -0.2) is 0 Å². The number of carbonyl (C=O) groups is 1. The first kappa shape index (κ1) is 9.05. The fourth-order valence-electron chi connectivity index (χ4n) is 1.84. The van der Waals surface area contributed by atoms with E-state index in [0.717, 1.165) is 6.42 Å². The predicted octanol–water partition coefficient (Wildman–Crippen LogP) is 1.16. The van der Waals surface area contributed by atoms with Crippen molar-refractivity contribution in [3.05, 3.63) is 0 Å². The van der Waals surface area contributed by atoms with Crippen molar-refractivity contribution in [2.45, 2.75) is 39.3 Å². The molecule has 12 heavy (non-hydrogen) atoms. The number of rotatable bonds is 0. The Morgan fingerprint density at radius 2 is 2.17 bits per heavy atom. The van der Waals surface area contributed by atoms with Crippen LogP contribution in [-0.4, -0.2) is 22.9 Å². The summed E-state index contributed by atoms with van der Waals surface area (Å²) >= 11 is 0. The molecule has 1 aliphatic heterocycles. The van der Waals surface area contributed by atoms with Gasteiger partial charge < -0.3 is 4.90 Å². The lowest BCUT2D eigenvalue weighted by Gasteiger charge is -2.23. The van der Waals surface area contributed by atoms with Gasteiger partial charge >= 0.3 is 0 Å². The largest absolute Gasteiger partial charge is 0.324 e. The van der Waals surface area contributed by atoms with Gasteiger partial charge in [-0.05, 0) is 19.3 Å². The van der Waals surface area contributed by atoms with E-state index >= 15 is 0 Å². The first-order valence-electron chi connectivity index (χ1n) is 4.26. The van der Waals surface area contributed by atoms with Crippen LogP contribution in [-0.2, 0) is 4.79 Å². The van der Waals surface area contributed by atoms with Gasteiger partial charge in [-0.3, -0.25) is 4.79 Å². The molecule has 3 heteroatoms. The first-order chi connectivity index (χ1) is 5.57. The van der Waals surface area contributed by atoms with Crippen LogP contribution in [0.15, 0.2) is 0 Å². The standard InChI is InChI=1S/C9H14N2O/c1-6-4-9(5-10)11(7(6)2)8(3)12/h6-7,9H,4H2,1-3H3/t6-,7?,9+/m1/s1. The van der Waals surface area contributed by atoms with E-state index in [1.807, 2.05) is 6.92 Å². The lowest BCUT2D eigenvalue weighted by molar-refractivity contribution is -0.130. The van der Waals surface area contributed by atoms with Crippen LogP contribution in [0.5, 0.6) is 0 Å². The quantitative estimate of drug-likeness (QED) is 0.542. The predicted molar refractivity (Wildman–Crippen MR) is 45.2 cm³/mol. The van der Waals surface area contributed by atoms with E-state index in [0.29, 0.717) is 5.92 Å². The monoisotopic (exact) mass is 166 g/mol. The summed E-state index contributed by atoms with van der Waals surface area (Å²) in [5.41, 5.74) is 0. The lowest BCUT2D eigenvalue weighted by atomic mass is 10.0. The third kappa shape index (κ3) is 1.29. The highest BCUT2D eigenvalue weighted by atomic mass is 16.2. The van der Waals surface area contributed by atoms with Gasteiger partial charge in [0.15, 0.2) is 0 Å². The molecule has 0 aromatic heterocycles. The van der Waals surface area contributed by atoms with Crippen molar-refractivity contribution in [3.8, 4) is 6.07 Å². The number of hydrogen-bond donors (Lipinski definition) is 0. The highest BCUT2D eigenvalue weighted by molar-refractivity contribution is 5.74. The fraction of sp³-hybridized carbons (Fsp3) is 0.778. The molecule has 0 bridgehead atoms. The van der Waals surface area contributed by atoms with Crippen molar-refractivity contribution < 1.29 is 4.79 Å². The van der Waals surface area contributed by atoms with Crippen LogP contribution in [0.1, 0.15) is 27.2 Å². The van der Waals surface area contributed by atoms with Crippen LogP contribution in [0.3, 0.4) is 0 Å². The smallest absolute Gasteiger partial charge is 0.220 e. The zero-order chi connectivity index (χ0) is 9.30. The average Bonchev–Trinajstić information content (AvgIpc) is 2.28. The van der Waals surface area contributed by atoms with E-state index in [1.54, 1.807) is 4.90 Å². The molecule has 0 saturated carbocycles. The molecule has 1 unspecified atom stereocenters. The normalized spacial score (nSPS) is 34.8. The minimum atomic E-state index is -0.201. The molecule has 0 spiro atoms. The highest BCUT2D eigenvalue weighted by Crippen LogP contribution is 2.28. The maximum absolute atomic E-state index is 11.1. The number of nitriles is 1. The molecule has 1 saturated heterocycles. The first-order valence-corrected chi connectivity index (χ1v) is 4.26. The van der Waals surface area contributed by atoms with Crippen LogP contribution >= 0.6 is 0 Å². The van der Waals surface area contributed by atoms with Crippen molar-refractivity contribution in [1.29, 1.82) is 5.26 Å². The van der Waals surface area contributed by atoms with Gasteiger partial charge in [0, 0.05) is 13.0 Å². The van der Waals surface area contributed by atoms with Crippen molar-refractivity contribution in [2.75, 3.05) is 0 Å². The van der Waals surface area contributed by atoms with Crippen molar-refractivity contribution >= 4 is 5.91 Å². The van der Waals surface area contributed by atoms with E-state index in [-0.39, 0.29) is 18.0 Å². The van der Waals surface area contributed by atoms with Crippen LogP contribution in [0.2, 0.25) is 0 Å². The molecule has 66 valence electrons. The highest BCUT2D eigenvalue weighted by Gasteiger charge is 2.37. The SMILES string of the molecule is CC(=O)N1C(C)[C@H](C)C[C@H]1C#N. The van der Waals surface area contributed by atoms with Gasteiger partial charge in [-0.2, -0.15) is 5.26 Å². The molecule has 1 fully saturated rings. The van der Waals surface area contributed by atoms with Crippen molar-refractivity contribution in [3.63, 3.8) is 0 Å². The molecule has 1 rings (SSSR count). The number of likely N-dealkylation sites (tertiary alicyclic amines) is 1. The number of hydrogen-bond acceptors (Lipinski definition) is 2. The third-order valence-electron chi connectivity index (χ3n) is 2.71. The van der Waals surface area contributed by atoms with Crippen LogP contribution < -0.4 is 0 Å². The molecule has 1 aliphatic rings. The maximum Gasteiger partial charge on any atom is 0.220 e. The summed E-state index contributed by atoms with van der Waals surface area (Å²) in [6.07, 6.45) is 0.817. The van der Waals surface area contributed by atoms with Crippen LogP contribution in [0.25, 0.3) is 0 Å². The minimum absolute atomic E-state index is 0.0124. The Balaban J connectivity index is 2.82. The van der Waals surface area contributed by atoms with Gasteiger partial charge in [0.25, 0.3) is 0 Å². The summed E-state index contributed by atoms with van der Waals surface area (Å²) in [7, 11) is 0. The van der Waals surface area contributed by atoms with Gasteiger partial charge in [0.1, 0.15) is 6.04 Å². The third-order valence-corrected chi connectivity index (χ3v) is 2.71. The molecule has 1 heterocycles. The molecular weight excluding hydrogens is 152 g/mol. The molecule has 3 nitrogen and oxygen atoms in total. The molecule has 0 N–H and O–H groups in total. The van der Waals surface area contributed by atoms with E-state index < -0.39 is 0 Å². The summed E-state index contributed by atoms with van der Waals surface area (Å²) in [6, 6.07) is 2.17. The van der Waals surface area contributed by atoms with Crippen LogP contribution in [0.4, 0.5) is 0 Å². The Hall–Kier alpha value is -1.04. The van der Waals surface area contributed by atoms with E-state index in [2.05, 4.69) is 13.0 Å². The Morgan fingerprint density at radius 3 is 2.50 bits per heavy atom. The minimum Gasteiger partial charge on any atom is -0.324 e. The van der Waals surface area contributed by atoms with E-state index in [9.17, 15) is 4.79 Å². The Kier molecular flexibility index (Phi) is 2.37. The molecule has 0 aromatic rings. The molecule has 0 aromatic carbocycles. The van der Waals surface area contributed by atoms with Crippen LogP contribution in [0, 0.1) is 17.2 Å². The zero-order valence-corrected chi connectivity index (χ0v) is 7.74. The maximum atomic E-state index is 11.1. The van der Waals surface area contributed by atoms with Crippen molar-refractivity contribution in [1.82, 2.24) is 4.90 Å². The molecule has 3 atom stereocenters. The topological polar surface area (TPSA) is 44.1 Å². The van der Waals surface area contributed by atoms with Gasteiger partial charge in [-0.1, -0.05) is 6.92 Å². The molecular formula is C9H14N2O.